The summed E-state index contributed by atoms with van der Waals surface area (Å²) in [7, 11) is 0. The molecule has 1 aliphatic rings. The number of alkyl halides is 3. The van der Waals surface area contributed by atoms with Crippen LogP contribution in [0.4, 0.5) is 13.2 Å². The predicted molar refractivity (Wildman–Crippen MR) is 139 cm³/mol. The summed E-state index contributed by atoms with van der Waals surface area (Å²) in [5, 5.41) is 3.94. The maximum absolute atomic E-state index is 13.0. The molecule has 0 spiro atoms. The van der Waals surface area contributed by atoms with Crippen LogP contribution in [0.15, 0.2) is 83.4 Å². The van der Waals surface area contributed by atoms with Gasteiger partial charge in [-0.2, -0.15) is 18.2 Å². The Morgan fingerprint density at radius 2 is 1.67 bits per heavy atom. The summed E-state index contributed by atoms with van der Waals surface area (Å²) in [4.78, 5) is 21.2. The number of carbonyl (C=O) groups excluding carboxylic acids is 1. The molecule has 0 bridgehead atoms. The van der Waals surface area contributed by atoms with Crippen LogP contribution in [0.1, 0.15) is 18.1 Å². The van der Waals surface area contributed by atoms with Crippen LogP contribution >= 0.6 is 0 Å². The molecule has 10 heteroatoms. The quantitative estimate of drug-likeness (QED) is 0.309. The number of nitrogens with zero attached hydrogens (tertiary/aromatic N) is 4. The van der Waals surface area contributed by atoms with Gasteiger partial charge in [0.15, 0.2) is 6.10 Å². The third-order valence-electron chi connectivity index (χ3n) is 6.57. The first kappa shape index (κ1) is 26.4. The molecule has 5 rings (SSSR count). The second kappa shape index (κ2) is 11.3. The summed E-state index contributed by atoms with van der Waals surface area (Å²) in [6.07, 6.45) is -5.00. The maximum atomic E-state index is 13.0. The minimum Gasteiger partial charge on any atom is -0.481 e. The van der Waals surface area contributed by atoms with Crippen molar-refractivity contribution < 1.29 is 27.2 Å². The Balaban J connectivity index is 1.14. The van der Waals surface area contributed by atoms with Crippen molar-refractivity contribution >= 4 is 5.91 Å². The van der Waals surface area contributed by atoms with Crippen LogP contribution in [-0.2, 0) is 17.5 Å². The largest absolute Gasteiger partial charge is 0.481 e. The number of para-hydroxylation sites is 1. The Morgan fingerprint density at radius 3 is 2.36 bits per heavy atom. The van der Waals surface area contributed by atoms with Gasteiger partial charge in [0.2, 0.25) is 5.82 Å². The number of ether oxygens (including phenoxy) is 1. The fourth-order valence-corrected chi connectivity index (χ4v) is 4.44. The number of carbonyl (C=O) groups is 1. The van der Waals surface area contributed by atoms with E-state index < -0.39 is 17.8 Å². The van der Waals surface area contributed by atoms with E-state index in [1.54, 1.807) is 6.92 Å². The number of benzene rings is 3. The molecule has 0 saturated carbocycles. The van der Waals surface area contributed by atoms with Gasteiger partial charge in [0, 0.05) is 43.9 Å². The molecule has 3 aromatic carbocycles. The van der Waals surface area contributed by atoms with Gasteiger partial charge in [0.05, 0.1) is 5.56 Å². The highest BCUT2D eigenvalue weighted by atomic mass is 19.4. The Morgan fingerprint density at radius 1 is 0.949 bits per heavy atom. The first-order chi connectivity index (χ1) is 18.8. The molecule has 1 aliphatic heterocycles. The third kappa shape index (κ3) is 6.46. The Hall–Kier alpha value is -4.18. The second-order valence-corrected chi connectivity index (χ2v) is 9.37. The molecule has 0 aliphatic carbocycles. The van der Waals surface area contributed by atoms with Crippen LogP contribution in [0.25, 0.3) is 22.8 Å². The normalized spacial score (nSPS) is 15.2. The summed E-state index contributed by atoms with van der Waals surface area (Å²) in [6, 6.07) is 21.8. The SMILES string of the molecule is C[C@@H](Oc1ccccc1)C(=O)N1CCN(Cc2ccc(-c3noc(-c4cccc(C(F)(F)F)c4)n3)cc2)CC1. The number of hydrogen-bond donors (Lipinski definition) is 0. The van der Waals surface area contributed by atoms with Gasteiger partial charge in [-0.15, -0.1) is 0 Å². The van der Waals surface area contributed by atoms with Crippen LogP contribution in [0.2, 0.25) is 0 Å². The maximum Gasteiger partial charge on any atom is 0.416 e. The first-order valence-electron chi connectivity index (χ1n) is 12.6. The smallest absolute Gasteiger partial charge is 0.416 e. The molecule has 1 aromatic heterocycles. The van der Waals surface area contributed by atoms with Crippen molar-refractivity contribution in [2.24, 2.45) is 0 Å². The van der Waals surface area contributed by atoms with E-state index in [0.717, 1.165) is 37.3 Å². The lowest BCUT2D eigenvalue weighted by molar-refractivity contribution is -0.140. The van der Waals surface area contributed by atoms with E-state index >= 15 is 0 Å². The molecule has 4 aromatic rings. The summed E-state index contributed by atoms with van der Waals surface area (Å²) in [6.45, 7) is 5.24. The molecule has 1 fully saturated rings. The van der Waals surface area contributed by atoms with Crippen molar-refractivity contribution in [1.29, 1.82) is 0 Å². The summed E-state index contributed by atoms with van der Waals surface area (Å²) < 4.78 is 50.1. The van der Waals surface area contributed by atoms with E-state index in [9.17, 15) is 18.0 Å². The Labute approximate surface area is 223 Å². The molecule has 1 saturated heterocycles. The van der Waals surface area contributed by atoms with E-state index in [0.29, 0.717) is 30.2 Å². The van der Waals surface area contributed by atoms with Crippen LogP contribution in [0, 0.1) is 0 Å². The number of aromatic nitrogens is 2. The van der Waals surface area contributed by atoms with E-state index in [2.05, 4.69) is 15.0 Å². The summed E-state index contributed by atoms with van der Waals surface area (Å²) in [5.41, 5.74) is 1.22. The molecule has 39 heavy (non-hydrogen) atoms. The monoisotopic (exact) mass is 536 g/mol. The molecule has 7 nitrogen and oxygen atoms in total. The molecule has 1 amide bonds. The molecular weight excluding hydrogens is 509 g/mol. The van der Waals surface area contributed by atoms with Gasteiger partial charge in [-0.3, -0.25) is 9.69 Å². The molecule has 0 radical (unpaired) electrons. The zero-order valence-electron chi connectivity index (χ0n) is 21.3. The van der Waals surface area contributed by atoms with Crippen LogP contribution in [0.3, 0.4) is 0 Å². The average Bonchev–Trinajstić information content (AvgIpc) is 3.44. The predicted octanol–water partition coefficient (Wildman–Crippen LogP) is 5.53. The van der Waals surface area contributed by atoms with E-state index in [1.807, 2.05) is 59.5 Å². The van der Waals surface area contributed by atoms with Crippen LogP contribution in [-0.4, -0.2) is 58.1 Å². The zero-order valence-corrected chi connectivity index (χ0v) is 21.3. The third-order valence-corrected chi connectivity index (χ3v) is 6.57. The van der Waals surface area contributed by atoms with Crippen molar-refractivity contribution in [2.45, 2.75) is 25.7 Å². The summed E-state index contributed by atoms with van der Waals surface area (Å²) in [5.74, 6) is 0.976. The lowest BCUT2D eigenvalue weighted by Crippen LogP contribution is -2.51. The van der Waals surface area contributed by atoms with E-state index in [1.165, 1.54) is 12.1 Å². The molecule has 0 unspecified atom stereocenters. The van der Waals surface area contributed by atoms with Crippen molar-refractivity contribution in [3.8, 4) is 28.6 Å². The number of amides is 1. The number of hydrogen-bond acceptors (Lipinski definition) is 6. The minimum atomic E-state index is -4.45. The van der Waals surface area contributed by atoms with Crippen molar-refractivity contribution in [3.63, 3.8) is 0 Å². The standard InChI is InChI=1S/C29H27F3N4O3/c1-20(38-25-8-3-2-4-9-25)28(37)36-16-14-35(15-17-36)19-21-10-12-22(13-11-21)26-33-27(39-34-26)23-6-5-7-24(18-23)29(30,31)32/h2-13,18,20H,14-17,19H2,1H3/t20-/m1/s1. The molecule has 0 N–H and O–H groups in total. The topological polar surface area (TPSA) is 71.7 Å². The average molecular weight is 537 g/mol. The van der Waals surface area contributed by atoms with Crippen molar-refractivity contribution in [2.75, 3.05) is 26.2 Å². The second-order valence-electron chi connectivity index (χ2n) is 9.37. The van der Waals surface area contributed by atoms with Gasteiger partial charge in [-0.1, -0.05) is 53.7 Å². The zero-order chi connectivity index (χ0) is 27.4. The van der Waals surface area contributed by atoms with E-state index in [-0.39, 0.29) is 17.4 Å². The number of piperazine rings is 1. The van der Waals surface area contributed by atoms with Crippen molar-refractivity contribution in [1.82, 2.24) is 19.9 Å². The lowest BCUT2D eigenvalue weighted by atomic mass is 10.1. The Bertz CT molecular complexity index is 1400. The fraction of sp³-hybridized carbons (Fsp3) is 0.276. The fourth-order valence-electron chi connectivity index (χ4n) is 4.44. The molecular formula is C29H27F3N4O3. The van der Waals surface area contributed by atoms with Gasteiger partial charge in [-0.25, -0.2) is 0 Å². The van der Waals surface area contributed by atoms with Gasteiger partial charge in [0.25, 0.3) is 11.8 Å². The summed E-state index contributed by atoms with van der Waals surface area (Å²) >= 11 is 0. The highest BCUT2D eigenvalue weighted by molar-refractivity contribution is 5.81. The highest BCUT2D eigenvalue weighted by Crippen LogP contribution is 2.32. The van der Waals surface area contributed by atoms with Crippen LogP contribution in [0.5, 0.6) is 5.75 Å². The molecule has 202 valence electrons. The number of rotatable bonds is 7. The Kier molecular flexibility index (Phi) is 7.65. The molecule has 1 atom stereocenters. The van der Waals surface area contributed by atoms with Crippen molar-refractivity contribution in [3.05, 3.63) is 90.0 Å². The molecule has 2 heterocycles. The van der Waals surface area contributed by atoms with Crippen LogP contribution < -0.4 is 4.74 Å². The van der Waals surface area contributed by atoms with Gasteiger partial charge in [-0.05, 0) is 42.8 Å². The number of halogens is 3. The van der Waals surface area contributed by atoms with Gasteiger partial charge in [0.1, 0.15) is 5.75 Å². The van der Waals surface area contributed by atoms with Gasteiger partial charge < -0.3 is 14.2 Å². The highest BCUT2D eigenvalue weighted by Gasteiger charge is 2.31. The minimum absolute atomic E-state index is 0.0209. The van der Waals surface area contributed by atoms with Gasteiger partial charge >= 0.3 is 6.18 Å². The lowest BCUT2D eigenvalue weighted by Gasteiger charge is -2.35. The first-order valence-corrected chi connectivity index (χ1v) is 12.6. The van der Waals surface area contributed by atoms with E-state index in [4.69, 9.17) is 9.26 Å².